The minimum atomic E-state index is -0.958. The highest BCUT2D eigenvalue weighted by Gasteiger charge is 2.10. The maximum absolute atomic E-state index is 10.9. The predicted molar refractivity (Wildman–Crippen MR) is 114 cm³/mol. The zero-order chi connectivity index (χ0) is 20.1. The first-order valence-corrected chi connectivity index (χ1v) is 9.04. The van der Waals surface area contributed by atoms with Crippen molar-refractivity contribution in [1.82, 2.24) is 9.78 Å². The van der Waals surface area contributed by atoms with Crippen LogP contribution in [0.3, 0.4) is 0 Å². The van der Waals surface area contributed by atoms with Crippen LogP contribution in [-0.4, -0.2) is 27.1 Å². The summed E-state index contributed by atoms with van der Waals surface area (Å²) >= 11 is 0. The fourth-order valence-electron chi connectivity index (χ4n) is 2.88. The molecule has 0 atom stereocenters. The van der Waals surface area contributed by atoms with Gasteiger partial charge in [0.15, 0.2) is 0 Å². The van der Waals surface area contributed by atoms with Crippen LogP contribution in [0.25, 0.3) is 16.9 Å². The number of hydrogen-bond donors (Lipinski definition) is 2. The number of nitrogens with one attached hydrogen (secondary N) is 1. The molecule has 0 aliphatic rings. The van der Waals surface area contributed by atoms with Gasteiger partial charge in [0.05, 0.1) is 23.2 Å². The van der Waals surface area contributed by atoms with Crippen LogP contribution >= 0.6 is 0 Å². The first-order valence-electron chi connectivity index (χ1n) is 9.04. The van der Waals surface area contributed by atoms with E-state index in [0.717, 1.165) is 22.5 Å². The van der Waals surface area contributed by atoms with Crippen molar-refractivity contribution in [2.24, 2.45) is 5.10 Å². The Morgan fingerprint density at radius 2 is 1.59 bits per heavy atom. The van der Waals surface area contributed by atoms with Gasteiger partial charge in [0.25, 0.3) is 0 Å². The number of carboxylic acid groups (broad SMARTS) is 1. The Hall–Kier alpha value is -4.19. The summed E-state index contributed by atoms with van der Waals surface area (Å²) in [5, 5.41) is 18.0. The zero-order valence-corrected chi connectivity index (χ0v) is 15.4. The van der Waals surface area contributed by atoms with Crippen molar-refractivity contribution in [3.05, 3.63) is 102 Å². The van der Waals surface area contributed by atoms with E-state index in [0.29, 0.717) is 5.69 Å². The Labute approximate surface area is 167 Å². The lowest BCUT2D eigenvalue weighted by Crippen LogP contribution is -1.96. The zero-order valence-electron chi connectivity index (χ0n) is 15.4. The fraction of sp³-hybridized carbons (Fsp3) is 0. The normalized spacial score (nSPS) is 10.9. The quantitative estimate of drug-likeness (QED) is 0.375. The summed E-state index contributed by atoms with van der Waals surface area (Å²) in [6, 6.07) is 26.2. The van der Waals surface area contributed by atoms with Crippen LogP contribution < -0.4 is 5.43 Å². The monoisotopic (exact) mass is 382 g/mol. The van der Waals surface area contributed by atoms with E-state index >= 15 is 0 Å². The van der Waals surface area contributed by atoms with E-state index in [1.54, 1.807) is 18.3 Å². The lowest BCUT2D eigenvalue weighted by molar-refractivity contribution is 0.0697. The molecule has 0 bridgehead atoms. The molecule has 0 aliphatic carbocycles. The van der Waals surface area contributed by atoms with Crippen molar-refractivity contribution in [2.75, 3.05) is 5.43 Å². The van der Waals surface area contributed by atoms with Crippen LogP contribution in [-0.2, 0) is 0 Å². The molecule has 4 aromatic rings. The van der Waals surface area contributed by atoms with E-state index < -0.39 is 5.97 Å². The van der Waals surface area contributed by atoms with E-state index in [9.17, 15) is 4.79 Å². The van der Waals surface area contributed by atoms with Crippen molar-refractivity contribution in [3.8, 4) is 16.9 Å². The molecule has 0 amide bonds. The van der Waals surface area contributed by atoms with Crippen molar-refractivity contribution in [3.63, 3.8) is 0 Å². The van der Waals surface area contributed by atoms with Crippen molar-refractivity contribution in [1.29, 1.82) is 0 Å². The Morgan fingerprint density at radius 1 is 0.931 bits per heavy atom. The van der Waals surface area contributed by atoms with E-state index in [1.165, 1.54) is 12.1 Å². The third-order valence-corrected chi connectivity index (χ3v) is 4.34. The van der Waals surface area contributed by atoms with Gasteiger partial charge in [0.1, 0.15) is 5.69 Å². The van der Waals surface area contributed by atoms with Gasteiger partial charge in [-0.3, -0.25) is 5.43 Å². The molecule has 6 heteroatoms. The van der Waals surface area contributed by atoms with Gasteiger partial charge in [0.2, 0.25) is 0 Å². The molecular formula is C23H18N4O2. The maximum atomic E-state index is 10.9. The molecule has 0 spiro atoms. The summed E-state index contributed by atoms with van der Waals surface area (Å²) in [5.74, 6) is -0.958. The SMILES string of the molecule is O=C(O)c1ccc(N/N=C\c2cn(-c3ccccc3)nc2-c2ccccc2)cc1. The first kappa shape index (κ1) is 18.2. The lowest BCUT2D eigenvalue weighted by atomic mass is 10.1. The summed E-state index contributed by atoms with van der Waals surface area (Å²) in [7, 11) is 0. The van der Waals surface area contributed by atoms with Gasteiger partial charge >= 0.3 is 5.97 Å². The van der Waals surface area contributed by atoms with Crippen LogP contribution in [0.2, 0.25) is 0 Å². The molecule has 6 nitrogen and oxygen atoms in total. The second kappa shape index (κ2) is 8.22. The largest absolute Gasteiger partial charge is 0.478 e. The van der Waals surface area contributed by atoms with Gasteiger partial charge in [-0.05, 0) is 36.4 Å². The Morgan fingerprint density at radius 3 is 2.24 bits per heavy atom. The molecule has 142 valence electrons. The summed E-state index contributed by atoms with van der Waals surface area (Å²) < 4.78 is 1.82. The lowest BCUT2D eigenvalue weighted by Gasteiger charge is -2.01. The van der Waals surface area contributed by atoms with Crippen LogP contribution in [0, 0.1) is 0 Å². The maximum Gasteiger partial charge on any atom is 0.335 e. The van der Waals surface area contributed by atoms with Crippen LogP contribution in [0.1, 0.15) is 15.9 Å². The number of nitrogens with zero attached hydrogens (tertiary/aromatic N) is 3. The van der Waals surface area contributed by atoms with E-state index in [2.05, 4.69) is 10.5 Å². The average molecular weight is 382 g/mol. The number of aromatic carboxylic acids is 1. The summed E-state index contributed by atoms with van der Waals surface area (Å²) in [6.45, 7) is 0. The molecule has 0 saturated heterocycles. The number of hydrazone groups is 1. The van der Waals surface area contributed by atoms with Gasteiger partial charge < -0.3 is 5.11 Å². The summed E-state index contributed by atoms with van der Waals surface area (Å²) in [4.78, 5) is 10.9. The number of hydrogen-bond acceptors (Lipinski definition) is 4. The predicted octanol–water partition coefficient (Wildman–Crippen LogP) is 4.68. The molecule has 4 rings (SSSR count). The first-order chi connectivity index (χ1) is 14.2. The molecular weight excluding hydrogens is 364 g/mol. The highest BCUT2D eigenvalue weighted by molar-refractivity contribution is 5.89. The van der Waals surface area contributed by atoms with Gasteiger partial charge in [0, 0.05) is 17.3 Å². The second-order valence-corrected chi connectivity index (χ2v) is 6.33. The Bertz CT molecular complexity index is 1130. The molecule has 0 aliphatic heterocycles. The number of anilines is 1. The molecule has 1 aromatic heterocycles. The molecule has 3 aromatic carbocycles. The third kappa shape index (κ3) is 4.22. The van der Waals surface area contributed by atoms with Crippen molar-refractivity contribution < 1.29 is 9.90 Å². The standard InChI is InChI=1S/C23H18N4O2/c28-23(29)18-11-13-20(14-12-18)25-24-15-19-16-27(21-9-5-2-6-10-21)26-22(19)17-7-3-1-4-8-17/h1-16,25H,(H,28,29)/b24-15-. The number of aromatic nitrogens is 2. The van der Waals surface area contributed by atoms with Crippen molar-refractivity contribution in [2.45, 2.75) is 0 Å². The molecule has 29 heavy (non-hydrogen) atoms. The Balaban J connectivity index is 1.62. The number of rotatable bonds is 6. The molecule has 1 heterocycles. The smallest absolute Gasteiger partial charge is 0.335 e. The second-order valence-electron chi connectivity index (χ2n) is 6.33. The molecule has 0 unspecified atom stereocenters. The van der Waals surface area contributed by atoms with Gasteiger partial charge in [-0.2, -0.15) is 10.2 Å². The summed E-state index contributed by atoms with van der Waals surface area (Å²) in [5.41, 5.74) is 7.49. The number of carbonyl (C=O) groups is 1. The molecule has 0 fully saturated rings. The molecule has 2 N–H and O–H groups in total. The van der Waals surface area contributed by atoms with Gasteiger partial charge in [-0.15, -0.1) is 0 Å². The van der Waals surface area contributed by atoms with Crippen molar-refractivity contribution >= 4 is 17.9 Å². The van der Waals surface area contributed by atoms with Gasteiger partial charge in [-0.1, -0.05) is 48.5 Å². The fourth-order valence-corrected chi connectivity index (χ4v) is 2.88. The third-order valence-electron chi connectivity index (χ3n) is 4.34. The number of benzene rings is 3. The van der Waals surface area contributed by atoms with Crippen LogP contribution in [0.4, 0.5) is 5.69 Å². The number of para-hydroxylation sites is 1. The highest BCUT2D eigenvalue weighted by atomic mass is 16.4. The Kier molecular flexibility index (Phi) is 5.16. The van der Waals surface area contributed by atoms with Gasteiger partial charge in [-0.25, -0.2) is 9.48 Å². The molecule has 0 saturated carbocycles. The van der Waals surface area contributed by atoms with Crippen LogP contribution in [0.15, 0.2) is 96.2 Å². The molecule has 0 radical (unpaired) electrons. The highest BCUT2D eigenvalue weighted by Crippen LogP contribution is 2.22. The number of carboxylic acids is 1. The van der Waals surface area contributed by atoms with Crippen LogP contribution in [0.5, 0.6) is 0 Å². The average Bonchev–Trinajstić information content (AvgIpc) is 3.19. The summed E-state index contributed by atoms with van der Waals surface area (Å²) in [6.07, 6.45) is 3.64. The van der Waals surface area contributed by atoms with E-state index in [4.69, 9.17) is 10.2 Å². The topological polar surface area (TPSA) is 79.5 Å². The minimum Gasteiger partial charge on any atom is -0.478 e. The van der Waals surface area contributed by atoms with E-state index in [-0.39, 0.29) is 5.56 Å². The minimum absolute atomic E-state index is 0.232. The van der Waals surface area contributed by atoms with E-state index in [1.807, 2.05) is 71.5 Å².